The number of carbonyl (C=O) groups excluding carboxylic acids is 1. The quantitative estimate of drug-likeness (QED) is 0.386. The topological polar surface area (TPSA) is 79.0 Å². The molecular weight excluding hydrogens is 431 g/mol. The standard InChI is InChI=1S/C23H21FN4O3S/c24-19-8-4-18(5-9-19)16-26-12-14-27(15-13-26)23-25-22(29)21(32-23)3-1-2-17-6-10-20(11-7-17)28(30)31/h1-11H,12-16H2/b2-1+,21-3+. The maximum Gasteiger partial charge on any atom is 0.286 e. The first-order chi connectivity index (χ1) is 15.5. The highest BCUT2D eigenvalue weighted by Gasteiger charge is 2.28. The third kappa shape index (κ3) is 5.49. The van der Waals surface area contributed by atoms with Crippen molar-refractivity contribution in [1.29, 1.82) is 0 Å². The zero-order valence-electron chi connectivity index (χ0n) is 17.2. The number of carbonyl (C=O) groups is 1. The van der Waals surface area contributed by atoms with Gasteiger partial charge in [-0.1, -0.05) is 24.3 Å². The van der Waals surface area contributed by atoms with E-state index in [-0.39, 0.29) is 17.4 Å². The second-order valence-corrected chi connectivity index (χ2v) is 8.44. The van der Waals surface area contributed by atoms with Crippen LogP contribution in [0, 0.1) is 15.9 Å². The molecule has 0 unspecified atom stereocenters. The van der Waals surface area contributed by atoms with Crippen LogP contribution in [0.5, 0.6) is 0 Å². The predicted molar refractivity (Wildman–Crippen MR) is 123 cm³/mol. The highest BCUT2D eigenvalue weighted by molar-refractivity contribution is 8.18. The zero-order chi connectivity index (χ0) is 22.5. The molecule has 164 valence electrons. The van der Waals surface area contributed by atoms with Gasteiger partial charge in [0.2, 0.25) is 0 Å². The van der Waals surface area contributed by atoms with Crippen molar-refractivity contribution in [3.63, 3.8) is 0 Å². The Kier molecular flexibility index (Phi) is 6.77. The summed E-state index contributed by atoms with van der Waals surface area (Å²) < 4.78 is 13.1. The molecule has 9 heteroatoms. The van der Waals surface area contributed by atoms with Gasteiger partial charge in [0.1, 0.15) is 5.82 Å². The van der Waals surface area contributed by atoms with Crippen molar-refractivity contribution in [2.75, 3.05) is 26.2 Å². The van der Waals surface area contributed by atoms with Gasteiger partial charge in [-0.25, -0.2) is 4.39 Å². The number of halogens is 1. The van der Waals surface area contributed by atoms with E-state index < -0.39 is 4.92 Å². The number of hydrogen-bond acceptors (Lipinski definition) is 6. The summed E-state index contributed by atoms with van der Waals surface area (Å²) in [7, 11) is 0. The molecule has 0 saturated carbocycles. The largest absolute Gasteiger partial charge is 0.348 e. The van der Waals surface area contributed by atoms with Crippen molar-refractivity contribution >= 4 is 34.6 Å². The summed E-state index contributed by atoms with van der Waals surface area (Å²) in [6.45, 7) is 3.98. The van der Waals surface area contributed by atoms with Crippen LogP contribution in [0.25, 0.3) is 6.08 Å². The number of hydrogen-bond donors (Lipinski definition) is 0. The molecule has 2 aromatic carbocycles. The van der Waals surface area contributed by atoms with Crippen LogP contribution < -0.4 is 0 Å². The lowest BCUT2D eigenvalue weighted by Gasteiger charge is -2.35. The number of thioether (sulfide) groups is 1. The molecule has 0 spiro atoms. The first-order valence-corrected chi connectivity index (χ1v) is 10.9. The Morgan fingerprint density at radius 2 is 1.75 bits per heavy atom. The molecule has 7 nitrogen and oxygen atoms in total. The van der Waals surface area contributed by atoms with E-state index in [9.17, 15) is 19.3 Å². The van der Waals surface area contributed by atoms with Gasteiger partial charge < -0.3 is 4.90 Å². The molecule has 2 aliphatic rings. The molecule has 2 heterocycles. The molecule has 4 rings (SSSR count). The van der Waals surface area contributed by atoms with Crippen LogP contribution >= 0.6 is 11.8 Å². The van der Waals surface area contributed by atoms with E-state index in [1.165, 1.54) is 36.0 Å². The number of nitro groups is 1. The summed E-state index contributed by atoms with van der Waals surface area (Å²) >= 11 is 1.36. The van der Waals surface area contributed by atoms with E-state index in [4.69, 9.17) is 0 Å². The highest BCUT2D eigenvalue weighted by atomic mass is 32.2. The fourth-order valence-electron chi connectivity index (χ4n) is 3.45. The van der Waals surface area contributed by atoms with Crippen molar-refractivity contribution < 1.29 is 14.1 Å². The van der Waals surface area contributed by atoms with E-state index in [1.54, 1.807) is 42.5 Å². The maximum atomic E-state index is 13.1. The molecular formula is C23H21FN4O3S. The second-order valence-electron chi connectivity index (χ2n) is 7.43. The summed E-state index contributed by atoms with van der Waals surface area (Å²) in [5, 5.41) is 11.4. The SMILES string of the molecule is O=C1N=C(N2CCN(Cc3ccc(F)cc3)CC2)S/C1=C/C=C/c1ccc([N+](=O)[O-])cc1. The van der Waals surface area contributed by atoms with E-state index >= 15 is 0 Å². The molecule has 0 N–H and O–H groups in total. The van der Waals surface area contributed by atoms with Crippen LogP contribution in [0.2, 0.25) is 0 Å². The monoisotopic (exact) mass is 452 g/mol. The number of nitro benzene ring substituents is 1. The van der Waals surface area contributed by atoms with Crippen LogP contribution in [-0.2, 0) is 11.3 Å². The van der Waals surface area contributed by atoms with Crippen molar-refractivity contribution in [1.82, 2.24) is 9.80 Å². The summed E-state index contributed by atoms with van der Waals surface area (Å²) in [6.07, 6.45) is 5.26. The highest BCUT2D eigenvalue weighted by Crippen LogP contribution is 2.29. The average molecular weight is 453 g/mol. The third-order valence-electron chi connectivity index (χ3n) is 5.21. The minimum atomic E-state index is -0.440. The number of piperazine rings is 1. The lowest BCUT2D eigenvalue weighted by Crippen LogP contribution is -2.47. The number of nitrogens with zero attached hydrogens (tertiary/aromatic N) is 4. The fraction of sp³-hybridized carbons (Fsp3) is 0.217. The van der Waals surface area contributed by atoms with E-state index in [0.29, 0.717) is 10.1 Å². The molecule has 0 aliphatic carbocycles. The Hall–Kier alpha value is -3.30. The second kappa shape index (κ2) is 9.88. The van der Waals surface area contributed by atoms with Crippen LogP contribution in [0.15, 0.2) is 70.6 Å². The van der Waals surface area contributed by atoms with Gasteiger partial charge in [0.25, 0.3) is 11.6 Å². The summed E-state index contributed by atoms with van der Waals surface area (Å²) in [5.74, 6) is -0.488. The Morgan fingerprint density at radius 3 is 2.41 bits per heavy atom. The molecule has 32 heavy (non-hydrogen) atoms. The van der Waals surface area contributed by atoms with Gasteiger partial charge in [0.05, 0.1) is 9.83 Å². The lowest BCUT2D eigenvalue weighted by atomic mass is 10.2. The predicted octanol–water partition coefficient (Wildman–Crippen LogP) is 4.08. The van der Waals surface area contributed by atoms with Gasteiger partial charge in [-0.3, -0.25) is 19.8 Å². The van der Waals surface area contributed by atoms with Gasteiger partial charge in [0.15, 0.2) is 5.17 Å². The van der Waals surface area contributed by atoms with Crippen molar-refractivity contribution in [3.8, 4) is 0 Å². The maximum absolute atomic E-state index is 13.1. The number of amidine groups is 1. The van der Waals surface area contributed by atoms with Gasteiger partial charge in [-0.2, -0.15) is 4.99 Å². The first-order valence-electron chi connectivity index (χ1n) is 10.1. The lowest BCUT2D eigenvalue weighted by molar-refractivity contribution is -0.384. The summed E-state index contributed by atoms with van der Waals surface area (Å²) in [5.41, 5.74) is 1.92. The molecule has 1 fully saturated rings. The molecule has 2 aromatic rings. The zero-order valence-corrected chi connectivity index (χ0v) is 18.0. The number of benzene rings is 2. The Balaban J connectivity index is 1.29. The summed E-state index contributed by atoms with van der Waals surface area (Å²) in [6, 6.07) is 12.8. The van der Waals surface area contributed by atoms with Gasteiger partial charge in [-0.15, -0.1) is 0 Å². The molecule has 2 aliphatic heterocycles. The van der Waals surface area contributed by atoms with Crippen molar-refractivity contribution in [2.45, 2.75) is 6.54 Å². The molecule has 0 bridgehead atoms. The smallest absolute Gasteiger partial charge is 0.286 e. The number of amides is 1. The Morgan fingerprint density at radius 1 is 1.06 bits per heavy atom. The van der Waals surface area contributed by atoms with Crippen LogP contribution in [0.3, 0.4) is 0 Å². The molecule has 1 amide bonds. The Labute approximate surface area is 189 Å². The third-order valence-corrected chi connectivity index (χ3v) is 6.27. The number of rotatable bonds is 5. The van der Waals surface area contributed by atoms with Crippen LogP contribution in [-0.4, -0.2) is 52.0 Å². The number of aliphatic imine (C=N–C) groups is 1. The minimum Gasteiger partial charge on any atom is -0.348 e. The van der Waals surface area contributed by atoms with E-state index in [0.717, 1.165) is 43.9 Å². The van der Waals surface area contributed by atoms with Crippen LogP contribution in [0.4, 0.5) is 10.1 Å². The normalized spacial score (nSPS) is 18.5. The minimum absolute atomic E-state index is 0.0397. The van der Waals surface area contributed by atoms with Gasteiger partial charge in [-0.05, 0) is 53.2 Å². The summed E-state index contributed by atoms with van der Waals surface area (Å²) in [4.78, 5) is 31.7. The fourth-order valence-corrected chi connectivity index (χ4v) is 4.36. The molecule has 0 aromatic heterocycles. The van der Waals surface area contributed by atoms with E-state index in [2.05, 4.69) is 14.8 Å². The van der Waals surface area contributed by atoms with Crippen molar-refractivity contribution in [3.05, 3.63) is 92.6 Å². The molecule has 0 radical (unpaired) electrons. The van der Waals surface area contributed by atoms with E-state index in [1.807, 2.05) is 0 Å². The first kappa shape index (κ1) is 21.9. The molecule has 0 atom stereocenters. The van der Waals surface area contributed by atoms with Crippen molar-refractivity contribution in [2.24, 2.45) is 4.99 Å². The number of non-ortho nitro benzene ring substituents is 1. The molecule has 1 saturated heterocycles. The van der Waals surface area contributed by atoms with Gasteiger partial charge in [0, 0.05) is 44.9 Å². The number of allylic oxidation sites excluding steroid dienone is 2. The van der Waals surface area contributed by atoms with Crippen LogP contribution in [0.1, 0.15) is 11.1 Å². The Bertz CT molecular complexity index is 1090. The van der Waals surface area contributed by atoms with Gasteiger partial charge >= 0.3 is 0 Å². The average Bonchev–Trinajstić information content (AvgIpc) is 3.16.